The second-order valence-electron chi connectivity index (χ2n) is 6.31. The van der Waals surface area contributed by atoms with Crippen LogP contribution >= 0.6 is 11.6 Å². The van der Waals surface area contributed by atoms with Crippen LogP contribution in [0.25, 0.3) is 0 Å². The predicted octanol–water partition coefficient (Wildman–Crippen LogP) is 4.83. The fourth-order valence-corrected chi connectivity index (χ4v) is 2.77. The van der Waals surface area contributed by atoms with Crippen molar-refractivity contribution in [2.75, 3.05) is 24.4 Å². The first kappa shape index (κ1) is 22.3. The lowest BCUT2D eigenvalue weighted by Gasteiger charge is -2.13. The van der Waals surface area contributed by atoms with Crippen molar-refractivity contribution in [3.8, 4) is 11.5 Å². The monoisotopic (exact) mass is 416 g/mol. The molecule has 2 aromatic carbocycles. The number of carbonyl (C=O) groups is 2. The van der Waals surface area contributed by atoms with Gasteiger partial charge < -0.3 is 20.1 Å². The summed E-state index contributed by atoms with van der Waals surface area (Å²) in [5.74, 6) is 0.515. The summed E-state index contributed by atoms with van der Waals surface area (Å²) in [7, 11) is 1.54. The summed E-state index contributed by atoms with van der Waals surface area (Å²) in [5.41, 5.74) is 1.98. The normalized spacial score (nSPS) is 10.2. The van der Waals surface area contributed by atoms with Gasteiger partial charge in [0.25, 0.3) is 5.91 Å². The lowest BCUT2D eigenvalue weighted by atomic mass is 10.1. The Kier molecular flexibility index (Phi) is 8.55. The number of hydrogen-bond acceptors (Lipinski definition) is 4. The minimum atomic E-state index is -0.388. The van der Waals surface area contributed by atoms with E-state index in [4.69, 9.17) is 21.1 Å². The summed E-state index contributed by atoms with van der Waals surface area (Å²) >= 11 is 6.15. The molecule has 0 spiro atoms. The van der Waals surface area contributed by atoms with E-state index in [1.165, 1.54) is 7.11 Å². The smallest absolute Gasteiger partial charge is 0.262 e. The zero-order valence-corrected chi connectivity index (χ0v) is 17.3. The minimum Gasteiger partial charge on any atom is -0.493 e. The lowest BCUT2D eigenvalue weighted by molar-refractivity contribution is -0.118. The molecule has 0 atom stereocenters. The highest BCUT2D eigenvalue weighted by Gasteiger charge is 2.11. The lowest BCUT2D eigenvalue weighted by Crippen LogP contribution is -2.20. The number of carbonyl (C=O) groups excluding carboxylic acids is 2. The van der Waals surface area contributed by atoms with Crippen LogP contribution in [-0.2, 0) is 16.0 Å². The quantitative estimate of drug-likeness (QED) is 0.543. The summed E-state index contributed by atoms with van der Waals surface area (Å²) in [6.07, 6.45) is 3.68. The van der Waals surface area contributed by atoms with Crippen molar-refractivity contribution >= 4 is 34.8 Å². The maximum atomic E-state index is 12.3. The Morgan fingerprint density at radius 1 is 1.10 bits per heavy atom. The summed E-state index contributed by atoms with van der Waals surface area (Å²) in [6, 6.07) is 10.4. The SMILES string of the molecule is C=CCc1ccc(OCC(=O)Nc2cc(NC(=O)CCC)ccc2Cl)c(OC)c1. The van der Waals surface area contributed by atoms with E-state index < -0.39 is 0 Å². The number of allylic oxidation sites excluding steroid dienone is 1. The molecule has 0 fully saturated rings. The maximum absolute atomic E-state index is 12.3. The molecule has 7 heteroatoms. The van der Waals surface area contributed by atoms with E-state index >= 15 is 0 Å². The molecule has 2 N–H and O–H groups in total. The van der Waals surface area contributed by atoms with Crippen molar-refractivity contribution in [2.45, 2.75) is 26.2 Å². The second-order valence-corrected chi connectivity index (χ2v) is 6.71. The Morgan fingerprint density at radius 2 is 1.90 bits per heavy atom. The van der Waals surface area contributed by atoms with Crippen LogP contribution in [-0.4, -0.2) is 25.5 Å². The summed E-state index contributed by atoms with van der Waals surface area (Å²) in [6.45, 7) is 5.42. The predicted molar refractivity (Wildman–Crippen MR) is 116 cm³/mol. The van der Waals surface area contributed by atoms with E-state index in [0.717, 1.165) is 12.0 Å². The third kappa shape index (κ3) is 6.84. The summed E-state index contributed by atoms with van der Waals surface area (Å²) < 4.78 is 10.9. The van der Waals surface area contributed by atoms with Crippen LogP contribution in [0.5, 0.6) is 11.5 Å². The van der Waals surface area contributed by atoms with Gasteiger partial charge in [0.2, 0.25) is 5.91 Å². The molecule has 0 bridgehead atoms. The Balaban J connectivity index is 2.00. The van der Waals surface area contributed by atoms with E-state index in [2.05, 4.69) is 17.2 Å². The van der Waals surface area contributed by atoms with Crippen molar-refractivity contribution in [1.82, 2.24) is 0 Å². The van der Waals surface area contributed by atoms with Gasteiger partial charge in [-0.15, -0.1) is 6.58 Å². The number of benzene rings is 2. The Hall–Kier alpha value is -2.99. The molecule has 0 radical (unpaired) electrons. The number of methoxy groups -OCH3 is 1. The largest absolute Gasteiger partial charge is 0.493 e. The van der Waals surface area contributed by atoms with E-state index in [0.29, 0.717) is 40.7 Å². The van der Waals surface area contributed by atoms with Gasteiger partial charge in [0, 0.05) is 12.1 Å². The zero-order chi connectivity index (χ0) is 21.2. The third-order valence-corrected chi connectivity index (χ3v) is 4.30. The van der Waals surface area contributed by atoms with Crippen molar-refractivity contribution in [2.24, 2.45) is 0 Å². The first-order valence-electron chi connectivity index (χ1n) is 9.26. The molecule has 2 aromatic rings. The van der Waals surface area contributed by atoms with Gasteiger partial charge in [0.1, 0.15) is 0 Å². The average molecular weight is 417 g/mol. The van der Waals surface area contributed by atoms with Gasteiger partial charge in [-0.2, -0.15) is 0 Å². The number of nitrogens with one attached hydrogen (secondary N) is 2. The molecule has 0 unspecified atom stereocenters. The number of amides is 2. The molecule has 0 aliphatic rings. The number of halogens is 1. The van der Waals surface area contributed by atoms with Crippen molar-refractivity contribution in [3.05, 3.63) is 59.6 Å². The molecule has 2 rings (SSSR count). The molecular weight excluding hydrogens is 392 g/mol. The van der Waals surface area contributed by atoms with E-state index in [9.17, 15) is 9.59 Å². The minimum absolute atomic E-state index is 0.0950. The standard InChI is InChI=1S/C22H25ClN2O4/c1-4-6-15-8-11-19(20(12-15)28-3)29-14-22(27)25-18-13-16(9-10-17(18)23)24-21(26)7-5-2/h4,8-13H,1,5-7,14H2,2-3H3,(H,24,26)(H,25,27). The molecule has 0 heterocycles. The van der Waals surface area contributed by atoms with Crippen LogP contribution in [0.2, 0.25) is 5.02 Å². The highest BCUT2D eigenvalue weighted by Crippen LogP contribution is 2.29. The van der Waals surface area contributed by atoms with Gasteiger partial charge in [-0.3, -0.25) is 9.59 Å². The number of ether oxygens (including phenoxy) is 2. The Bertz CT molecular complexity index is 883. The molecule has 154 valence electrons. The molecule has 6 nitrogen and oxygen atoms in total. The van der Waals surface area contributed by atoms with Gasteiger partial charge in [0.05, 0.1) is 17.8 Å². The highest BCUT2D eigenvalue weighted by atomic mass is 35.5. The third-order valence-electron chi connectivity index (χ3n) is 3.97. The summed E-state index contributed by atoms with van der Waals surface area (Å²) in [5, 5.41) is 5.82. The molecule has 2 amide bonds. The first-order valence-corrected chi connectivity index (χ1v) is 9.64. The number of hydrogen-bond donors (Lipinski definition) is 2. The number of anilines is 2. The molecule has 0 aliphatic carbocycles. The topological polar surface area (TPSA) is 76.7 Å². The summed E-state index contributed by atoms with van der Waals surface area (Å²) in [4.78, 5) is 24.1. The van der Waals surface area contributed by atoms with Crippen LogP contribution in [0, 0.1) is 0 Å². The molecular formula is C22H25ClN2O4. The molecule has 0 aliphatic heterocycles. The molecule has 29 heavy (non-hydrogen) atoms. The fourth-order valence-electron chi connectivity index (χ4n) is 2.60. The molecule has 0 saturated carbocycles. The van der Waals surface area contributed by atoms with Crippen molar-refractivity contribution in [3.63, 3.8) is 0 Å². The maximum Gasteiger partial charge on any atom is 0.262 e. The van der Waals surface area contributed by atoms with Crippen molar-refractivity contribution < 1.29 is 19.1 Å². The van der Waals surface area contributed by atoms with E-state index in [-0.39, 0.29) is 18.4 Å². The van der Waals surface area contributed by atoms with Crippen LogP contribution in [0.4, 0.5) is 11.4 Å². The zero-order valence-electron chi connectivity index (χ0n) is 16.6. The Labute approximate surface area is 175 Å². The van der Waals surface area contributed by atoms with Gasteiger partial charge in [-0.25, -0.2) is 0 Å². The van der Waals surface area contributed by atoms with Gasteiger partial charge in [-0.05, 0) is 48.7 Å². The molecule has 0 aromatic heterocycles. The van der Waals surface area contributed by atoms with Crippen molar-refractivity contribution in [1.29, 1.82) is 0 Å². The molecule has 0 saturated heterocycles. The van der Waals surface area contributed by atoms with Gasteiger partial charge in [0.15, 0.2) is 18.1 Å². The fraction of sp³-hybridized carbons (Fsp3) is 0.273. The van der Waals surface area contributed by atoms with Crippen LogP contribution in [0.3, 0.4) is 0 Å². The van der Waals surface area contributed by atoms with Gasteiger partial charge >= 0.3 is 0 Å². The number of rotatable bonds is 10. The van der Waals surface area contributed by atoms with Gasteiger partial charge in [-0.1, -0.05) is 30.7 Å². The highest BCUT2D eigenvalue weighted by molar-refractivity contribution is 6.33. The average Bonchev–Trinajstić information content (AvgIpc) is 2.69. The van der Waals surface area contributed by atoms with E-state index in [1.807, 2.05) is 19.1 Å². The Morgan fingerprint density at radius 3 is 2.59 bits per heavy atom. The van der Waals surface area contributed by atoms with E-state index in [1.54, 1.807) is 30.3 Å². The van der Waals surface area contributed by atoms with Crippen LogP contribution in [0.15, 0.2) is 49.1 Å². The second kappa shape index (κ2) is 11.1. The van der Waals surface area contributed by atoms with Crippen LogP contribution < -0.4 is 20.1 Å². The van der Waals surface area contributed by atoms with Crippen LogP contribution in [0.1, 0.15) is 25.3 Å². The first-order chi connectivity index (χ1) is 14.0.